The van der Waals surface area contributed by atoms with Crippen molar-refractivity contribution < 1.29 is 23.4 Å². The van der Waals surface area contributed by atoms with Crippen molar-refractivity contribution in [3.8, 4) is 0 Å². The zero-order valence-electron chi connectivity index (χ0n) is 20.8. The molecule has 0 bridgehead atoms. The number of rotatable bonds is 9. The molecule has 2 aliphatic rings. The van der Waals surface area contributed by atoms with E-state index in [4.69, 9.17) is 18.6 Å². The average molecular weight is 463 g/mol. The van der Waals surface area contributed by atoms with Gasteiger partial charge in [-0.2, -0.15) is 0 Å². The van der Waals surface area contributed by atoms with E-state index in [1.165, 1.54) is 0 Å². The molecule has 5 nitrogen and oxygen atoms in total. The van der Waals surface area contributed by atoms with Crippen LogP contribution < -0.4 is 0 Å². The predicted octanol–water partition coefficient (Wildman–Crippen LogP) is 5.59. The number of fused-ring (bicyclic) bond motifs is 1. The molecule has 6 heteroatoms. The second-order valence-electron chi connectivity index (χ2n) is 11.0. The van der Waals surface area contributed by atoms with Gasteiger partial charge in [0.2, 0.25) is 0 Å². The molecule has 32 heavy (non-hydrogen) atoms. The highest BCUT2D eigenvalue weighted by Crippen LogP contribution is 2.52. The standard InChI is InChI=1S/C26H42O5Si/c1-7-29-24(27)26(19-28-16-20-12-9-8-10-13-20)15-11-14-21-17-30-22(23(21)26)18-31-32(5,6)25(2,3)4/h8-10,12-13,21-23H,7,11,14-19H2,1-6H3/t21-,22-,23+,26-/m0/s1. The van der Waals surface area contributed by atoms with Crippen LogP contribution in [-0.2, 0) is 30.0 Å². The summed E-state index contributed by atoms with van der Waals surface area (Å²) in [5, 5.41) is 0.134. The van der Waals surface area contributed by atoms with Crippen LogP contribution in [0.3, 0.4) is 0 Å². The summed E-state index contributed by atoms with van der Waals surface area (Å²) in [6.07, 6.45) is 2.76. The first kappa shape index (κ1) is 25.4. The van der Waals surface area contributed by atoms with Gasteiger partial charge in [-0.3, -0.25) is 4.79 Å². The molecule has 0 radical (unpaired) electrons. The third-order valence-corrected chi connectivity index (χ3v) is 12.3. The number of hydrogen-bond acceptors (Lipinski definition) is 5. The lowest BCUT2D eigenvalue weighted by Gasteiger charge is -2.45. The van der Waals surface area contributed by atoms with Crippen LogP contribution in [0.25, 0.3) is 0 Å². The van der Waals surface area contributed by atoms with Crippen molar-refractivity contribution >= 4 is 14.3 Å². The molecule has 3 rings (SSSR count). The van der Waals surface area contributed by atoms with E-state index in [2.05, 4.69) is 46.0 Å². The monoisotopic (exact) mass is 462 g/mol. The van der Waals surface area contributed by atoms with Crippen LogP contribution in [0.5, 0.6) is 0 Å². The van der Waals surface area contributed by atoms with Crippen molar-refractivity contribution in [1.82, 2.24) is 0 Å². The molecule has 1 heterocycles. The van der Waals surface area contributed by atoms with Crippen LogP contribution >= 0.6 is 0 Å². The van der Waals surface area contributed by atoms with E-state index >= 15 is 0 Å². The topological polar surface area (TPSA) is 54.0 Å². The van der Waals surface area contributed by atoms with E-state index in [1.807, 2.05) is 25.1 Å². The number of carbonyl (C=O) groups is 1. The van der Waals surface area contributed by atoms with E-state index in [1.54, 1.807) is 0 Å². The molecule has 0 unspecified atom stereocenters. The zero-order valence-corrected chi connectivity index (χ0v) is 21.8. The molecule has 2 fully saturated rings. The lowest BCUT2D eigenvalue weighted by Crippen LogP contribution is -2.53. The van der Waals surface area contributed by atoms with Gasteiger partial charge in [0.25, 0.3) is 0 Å². The fourth-order valence-electron chi connectivity index (χ4n) is 5.00. The summed E-state index contributed by atoms with van der Waals surface area (Å²) in [5.41, 5.74) is 0.436. The Morgan fingerprint density at radius 2 is 1.94 bits per heavy atom. The maximum atomic E-state index is 13.4. The summed E-state index contributed by atoms with van der Waals surface area (Å²) in [4.78, 5) is 13.4. The molecular formula is C26H42O5Si. The van der Waals surface area contributed by atoms with Crippen molar-refractivity contribution in [3.05, 3.63) is 35.9 Å². The van der Waals surface area contributed by atoms with E-state index in [0.29, 0.717) is 39.0 Å². The summed E-state index contributed by atoms with van der Waals surface area (Å²) >= 11 is 0. The van der Waals surface area contributed by atoms with E-state index < -0.39 is 13.7 Å². The number of ether oxygens (including phenoxy) is 3. The zero-order chi connectivity index (χ0) is 23.4. The van der Waals surface area contributed by atoms with Gasteiger partial charge in [-0.15, -0.1) is 0 Å². The maximum Gasteiger partial charge on any atom is 0.314 e. The Morgan fingerprint density at radius 1 is 1.22 bits per heavy atom. The fourth-order valence-corrected chi connectivity index (χ4v) is 6.01. The van der Waals surface area contributed by atoms with Gasteiger partial charge in [-0.25, -0.2) is 0 Å². The smallest absolute Gasteiger partial charge is 0.314 e. The molecule has 0 spiro atoms. The Hall–Kier alpha value is -1.21. The second-order valence-corrected chi connectivity index (χ2v) is 15.8. The van der Waals surface area contributed by atoms with Crippen LogP contribution in [-0.4, -0.2) is 46.8 Å². The Kier molecular flexibility index (Phi) is 8.24. The van der Waals surface area contributed by atoms with Crippen molar-refractivity contribution in [2.45, 2.75) is 77.8 Å². The van der Waals surface area contributed by atoms with Gasteiger partial charge in [0.15, 0.2) is 8.32 Å². The minimum absolute atomic E-state index is 0.0656. The van der Waals surface area contributed by atoms with Crippen molar-refractivity contribution in [1.29, 1.82) is 0 Å². The van der Waals surface area contributed by atoms with Gasteiger partial charge in [0.1, 0.15) is 0 Å². The summed E-state index contributed by atoms with van der Waals surface area (Å²) in [7, 11) is -1.91. The molecule has 1 aliphatic carbocycles. The van der Waals surface area contributed by atoms with Crippen LogP contribution in [0.2, 0.25) is 18.1 Å². The maximum absolute atomic E-state index is 13.4. The van der Waals surface area contributed by atoms with Crippen molar-refractivity contribution in [3.63, 3.8) is 0 Å². The summed E-state index contributed by atoms with van der Waals surface area (Å²) < 4.78 is 24.7. The van der Waals surface area contributed by atoms with Gasteiger partial charge in [0.05, 0.1) is 44.6 Å². The Labute approximate surface area is 195 Å². The molecule has 1 saturated heterocycles. The highest BCUT2D eigenvalue weighted by atomic mass is 28.4. The van der Waals surface area contributed by atoms with E-state index in [-0.39, 0.29) is 23.0 Å². The summed E-state index contributed by atoms with van der Waals surface area (Å²) in [6, 6.07) is 10.1. The highest BCUT2D eigenvalue weighted by molar-refractivity contribution is 6.74. The SMILES string of the molecule is CCOC(=O)[C@]1(COCc2ccccc2)CCC[C@H]2CO[C@@H](CO[Si](C)(C)C(C)(C)C)[C@@H]21. The lowest BCUT2D eigenvalue weighted by molar-refractivity contribution is -0.173. The van der Waals surface area contributed by atoms with Gasteiger partial charge in [0, 0.05) is 5.92 Å². The molecule has 0 N–H and O–H groups in total. The molecule has 4 atom stereocenters. The molecule has 1 saturated carbocycles. The van der Waals surface area contributed by atoms with Gasteiger partial charge >= 0.3 is 5.97 Å². The Balaban J connectivity index is 1.79. The molecule has 0 amide bonds. The first-order valence-electron chi connectivity index (χ1n) is 12.1. The summed E-state index contributed by atoms with van der Waals surface area (Å²) in [5.74, 6) is 0.280. The van der Waals surface area contributed by atoms with Gasteiger partial charge in [-0.1, -0.05) is 57.5 Å². The first-order chi connectivity index (χ1) is 15.1. The molecule has 1 aromatic rings. The minimum Gasteiger partial charge on any atom is -0.465 e. The van der Waals surface area contributed by atoms with Crippen LogP contribution in [0.15, 0.2) is 30.3 Å². The predicted molar refractivity (Wildman–Crippen MR) is 129 cm³/mol. The van der Waals surface area contributed by atoms with Gasteiger partial charge in [-0.05, 0) is 49.4 Å². The van der Waals surface area contributed by atoms with Crippen LogP contribution in [0.1, 0.15) is 52.5 Å². The Morgan fingerprint density at radius 3 is 2.59 bits per heavy atom. The molecule has 1 aromatic carbocycles. The highest BCUT2D eigenvalue weighted by Gasteiger charge is 2.58. The lowest BCUT2D eigenvalue weighted by atomic mass is 9.61. The Bertz CT molecular complexity index is 744. The quantitative estimate of drug-likeness (QED) is 0.354. The summed E-state index contributed by atoms with van der Waals surface area (Å²) in [6.45, 7) is 15.6. The molecule has 180 valence electrons. The third-order valence-electron chi connectivity index (χ3n) is 7.84. The van der Waals surface area contributed by atoms with E-state index in [9.17, 15) is 4.79 Å². The molecular weight excluding hydrogens is 420 g/mol. The van der Waals surface area contributed by atoms with Gasteiger partial charge < -0.3 is 18.6 Å². The van der Waals surface area contributed by atoms with Crippen LogP contribution in [0, 0.1) is 17.3 Å². The molecule has 0 aromatic heterocycles. The first-order valence-corrected chi connectivity index (χ1v) is 15.1. The number of carbonyl (C=O) groups excluding carboxylic acids is 1. The minimum atomic E-state index is -1.91. The normalized spacial score (nSPS) is 28.4. The number of hydrogen-bond donors (Lipinski definition) is 0. The van der Waals surface area contributed by atoms with Crippen molar-refractivity contribution in [2.75, 3.05) is 26.4 Å². The largest absolute Gasteiger partial charge is 0.465 e. The molecule has 1 aliphatic heterocycles. The van der Waals surface area contributed by atoms with Crippen molar-refractivity contribution in [2.24, 2.45) is 17.3 Å². The second kappa shape index (κ2) is 10.4. The van der Waals surface area contributed by atoms with E-state index in [0.717, 1.165) is 24.8 Å². The number of esters is 1. The third kappa shape index (κ3) is 5.46. The average Bonchev–Trinajstić information content (AvgIpc) is 3.17. The number of benzene rings is 1. The fraction of sp³-hybridized carbons (Fsp3) is 0.731. The van der Waals surface area contributed by atoms with Crippen LogP contribution in [0.4, 0.5) is 0 Å².